The zero-order valence-corrected chi connectivity index (χ0v) is 16.0. The number of aliphatic hydroxyl groups is 1. The number of rotatable bonds is 6. The first-order chi connectivity index (χ1) is 10.6. The van der Waals surface area contributed by atoms with Crippen LogP contribution < -0.4 is 10.1 Å². The van der Waals surface area contributed by atoms with E-state index < -0.39 is 17.1 Å². The number of carbonyl (C=O) groups is 1. The summed E-state index contributed by atoms with van der Waals surface area (Å²) in [6.07, 6.45) is 0.0698. The van der Waals surface area contributed by atoms with Gasteiger partial charge in [-0.25, -0.2) is 4.79 Å². The van der Waals surface area contributed by atoms with Crippen LogP contribution in [0.1, 0.15) is 33.3 Å². The van der Waals surface area contributed by atoms with Crippen LogP contribution in [0.3, 0.4) is 0 Å². The lowest BCUT2D eigenvalue weighted by atomic mass is 9.84. The van der Waals surface area contributed by atoms with Crippen molar-refractivity contribution in [3.8, 4) is 5.75 Å². The number of carbonyl (C=O) groups excluding carboxylic acids is 1. The fourth-order valence-electron chi connectivity index (χ4n) is 2.12. The predicted molar refractivity (Wildman–Crippen MR) is 93.8 cm³/mol. The number of hydrogen-bond donors (Lipinski definition) is 2. The fourth-order valence-corrected chi connectivity index (χ4v) is 2.53. The summed E-state index contributed by atoms with van der Waals surface area (Å²) in [6.45, 7) is 7.57. The van der Waals surface area contributed by atoms with Crippen LogP contribution in [0.2, 0.25) is 0 Å². The summed E-state index contributed by atoms with van der Waals surface area (Å²) >= 11 is 3.44. The van der Waals surface area contributed by atoms with E-state index >= 15 is 0 Å². The summed E-state index contributed by atoms with van der Waals surface area (Å²) in [5, 5.41) is 12.5. The molecule has 0 saturated carbocycles. The number of benzene rings is 1. The van der Waals surface area contributed by atoms with Gasteiger partial charge >= 0.3 is 6.09 Å². The molecule has 1 aromatic rings. The molecule has 0 aliphatic rings. The van der Waals surface area contributed by atoms with Gasteiger partial charge in [0.25, 0.3) is 0 Å². The summed E-state index contributed by atoms with van der Waals surface area (Å²) < 4.78 is 11.5. The van der Waals surface area contributed by atoms with Gasteiger partial charge < -0.3 is 19.9 Å². The molecule has 0 aromatic heterocycles. The van der Waals surface area contributed by atoms with Gasteiger partial charge in [0.05, 0.1) is 13.7 Å². The third-order valence-electron chi connectivity index (χ3n) is 3.30. The Morgan fingerprint density at radius 3 is 2.48 bits per heavy atom. The normalized spacial score (nSPS) is 14.0. The Balaban J connectivity index is 2.78. The predicted octanol–water partition coefficient (Wildman–Crippen LogP) is 3.52. The third-order valence-corrected chi connectivity index (χ3v) is 3.79. The average molecular weight is 388 g/mol. The average Bonchev–Trinajstić information content (AvgIpc) is 2.44. The first-order valence-corrected chi connectivity index (χ1v) is 8.28. The molecule has 1 rings (SSSR count). The van der Waals surface area contributed by atoms with Crippen molar-refractivity contribution in [1.82, 2.24) is 5.32 Å². The second-order valence-corrected chi connectivity index (χ2v) is 7.87. The molecule has 0 spiro atoms. The molecule has 0 heterocycles. The van der Waals surface area contributed by atoms with Crippen molar-refractivity contribution in [3.05, 3.63) is 28.2 Å². The van der Waals surface area contributed by atoms with Crippen molar-refractivity contribution >= 4 is 22.0 Å². The van der Waals surface area contributed by atoms with Crippen LogP contribution in [0.5, 0.6) is 5.75 Å². The lowest BCUT2D eigenvalue weighted by Gasteiger charge is -2.29. The molecule has 0 aliphatic heterocycles. The van der Waals surface area contributed by atoms with Crippen LogP contribution in [-0.4, -0.2) is 37.1 Å². The standard InChI is InChI=1S/C17H26BrNO4/c1-16(2,3)23-15(21)19-10-17(4,11-20)9-12-8-13(18)6-7-14(12)22-5/h6-8,20H,9-11H2,1-5H3,(H,19,21). The molecule has 0 radical (unpaired) electrons. The third kappa shape index (κ3) is 6.79. The molecule has 6 heteroatoms. The molecule has 0 aliphatic carbocycles. The van der Waals surface area contributed by atoms with Crippen molar-refractivity contribution in [2.24, 2.45) is 5.41 Å². The minimum atomic E-state index is -0.548. The smallest absolute Gasteiger partial charge is 0.407 e. The topological polar surface area (TPSA) is 67.8 Å². The van der Waals surface area contributed by atoms with Crippen LogP contribution >= 0.6 is 15.9 Å². The minimum absolute atomic E-state index is 0.0710. The summed E-state index contributed by atoms with van der Waals surface area (Å²) in [5.74, 6) is 0.755. The lowest BCUT2D eigenvalue weighted by Crippen LogP contribution is -2.41. The van der Waals surface area contributed by atoms with E-state index in [1.54, 1.807) is 7.11 Å². The monoisotopic (exact) mass is 387 g/mol. The number of halogens is 1. The van der Waals surface area contributed by atoms with E-state index in [1.165, 1.54) is 0 Å². The van der Waals surface area contributed by atoms with Crippen molar-refractivity contribution in [1.29, 1.82) is 0 Å². The number of hydrogen-bond acceptors (Lipinski definition) is 4. The highest BCUT2D eigenvalue weighted by molar-refractivity contribution is 9.10. The number of amides is 1. The Morgan fingerprint density at radius 2 is 1.96 bits per heavy atom. The molecule has 130 valence electrons. The van der Waals surface area contributed by atoms with Gasteiger partial charge in [-0.1, -0.05) is 22.9 Å². The van der Waals surface area contributed by atoms with Crippen LogP contribution in [0.4, 0.5) is 4.79 Å². The number of alkyl carbamates (subject to hydrolysis) is 1. The highest BCUT2D eigenvalue weighted by Gasteiger charge is 2.27. The molecule has 1 aromatic carbocycles. The number of nitrogens with one attached hydrogen (secondary N) is 1. The first-order valence-electron chi connectivity index (χ1n) is 7.49. The Hall–Kier alpha value is -1.27. The van der Waals surface area contributed by atoms with E-state index in [0.717, 1.165) is 15.8 Å². The molecular weight excluding hydrogens is 362 g/mol. The molecule has 1 amide bonds. The second kappa shape index (κ2) is 8.02. The van der Waals surface area contributed by atoms with Crippen LogP contribution in [0, 0.1) is 5.41 Å². The highest BCUT2D eigenvalue weighted by atomic mass is 79.9. The van der Waals surface area contributed by atoms with E-state index in [9.17, 15) is 9.90 Å². The van der Waals surface area contributed by atoms with Crippen LogP contribution in [0.15, 0.2) is 22.7 Å². The van der Waals surface area contributed by atoms with Crippen molar-refractivity contribution in [2.75, 3.05) is 20.3 Å². The Bertz CT molecular complexity index is 542. The van der Waals surface area contributed by atoms with E-state index in [-0.39, 0.29) is 6.61 Å². The molecule has 23 heavy (non-hydrogen) atoms. The van der Waals surface area contributed by atoms with Crippen LogP contribution in [0.25, 0.3) is 0 Å². The SMILES string of the molecule is COc1ccc(Br)cc1CC(C)(CO)CNC(=O)OC(C)(C)C. The maximum Gasteiger partial charge on any atom is 0.407 e. The highest BCUT2D eigenvalue weighted by Crippen LogP contribution is 2.30. The van der Waals surface area contributed by atoms with Crippen LogP contribution in [-0.2, 0) is 11.2 Å². The van der Waals surface area contributed by atoms with Gasteiger partial charge in [0.15, 0.2) is 0 Å². The second-order valence-electron chi connectivity index (χ2n) is 6.96. The van der Waals surface area contributed by atoms with E-state index in [2.05, 4.69) is 21.2 Å². The van der Waals surface area contributed by atoms with E-state index in [1.807, 2.05) is 45.9 Å². The number of aliphatic hydroxyl groups excluding tert-OH is 1. The first kappa shape index (κ1) is 19.8. The number of methoxy groups -OCH3 is 1. The van der Waals surface area contributed by atoms with Gasteiger partial charge in [-0.15, -0.1) is 0 Å². The Morgan fingerprint density at radius 1 is 1.30 bits per heavy atom. The molecule has 1 atom stereocenters. The number of ether oxygens (including phenoxy) is 2. The molecule has 2 N–H and O–H groups in total. The summed E-state index contributed by atoms with van der Waals surface area (Å²) in [4.78, 5) is 11.8. The van der Waals surface area contributed by atoms with Gasteiger partial charge in [0, 0.05) is 16.4 Å². The van der Waals surface area contributed by atoms with Crippen molar-refractivity contribution < 1.29 is 19.4 Å². The van der Waals surface area contributed by atoms with Crippen molar-refractivity contribution in [3.63, 3.8) is 0 Å². The maximum atomic E-state index is 11.8. The molecule has 1 unspecified atom stereocenters. The minimum Gasteiger partial charge on any atom is -0.496 e. The lowest BCUT2D eigenvalue weighted by molar-refractivity contribution is 0.0478. The summed E-state index contributed by atoms with van der Waals surface area (Å²) in [5.41, 5.74) is -0.109. The largest absolute Gasteiger partial charge is 0.496 e. The zero-order valence-electron chi connectivity index (χ0n) is 14.4. The summed E-state index contributed by atoms with van der Waals surface area (Å²) in [6, 6.07) is 5.73. The Kier molecular flexibility index (Phi) is 6.89. The van der Waals surface area contributed by atoms with Gasteiger partial charge in [0.1, 0.15) is 11.4 Å². The fraction of sp³-hybridized carbons (Fsp3) is 0.588. The zero-order chi connectivity index (χ0) is 17.7. The Labute approximate surface area is 146 Å². The molecule has 0 saturated heterocycles. The molecule has 0 fully saturated rings. The van der Waals surface area contributed by atoms with Crippen molar-refractivity contribution in [2.45, 2.75) is 39.7 Å². The molecule has 0 bridgehead atoms. The maximum absolute atomic E-state index is 11.8. The summed E-state index contributed by atoms with van der Waals surface area (Å²) in [7, 11) is 1.61. The quantitative estimate of drug-likeness (QED) is 0.783. The van der Waals surface area contributed by atoms with Gasteiger partial charge in [-0.3, -0.25) is 0 Å². The van der Waals surface area contributed by atoms with Gasteiger partial charge in [-0.2, -0.15) is 0 Å². The molecule has 5 nitrogen and oxygen atoms in total. The van der Waals surface area contributed by atoms with Gasteiger partial charge in [0.2, 0.25) is 0 Å². The van der Waals surface area contributed by atoms with E-state index in [0.29, 0.717) is 13.0 Å². The van der Waals surface area contributed by atoms with E-state index in [4.69, 9.17) is 9.47 Å². The van der Waals surface area contributed by atoms with Gasteiger partial charge in [-0.05, 0) is 51.0 Å². The molecular formula is C17H26BrNO4.